The van der Waals surface area contributed by atoms with E-state index in [-0.39, 0.29) is 81.6 Å². The molecule has 0 saturated carbocycles. The van der Waals surface area contributed by atoms with Crippen molar-refractivity contribution in [3.63, 3.8) is 0 Å². The first kappa shape index (κ1) is 30.5. The molecule has 3 aromatic carbocycles. The Morgan fingerprint density at radius 1 is 0.765 bits per heavy atom. The molecule has 0 heterocycles. The van der Waals surface area contributed by atoms with Gasteiger partial charge < -0.3 is 11.1 Å². The van der Waals surface area contributed by atoms with E-state index in [0.29, 0.717) is 5.56 Å². The third kappa shape index (κ3) is 8.02. The molecule has 5 N–H and O–H groups in total. The second-order valence-electron chi connectivity index (χ2n) is 6.65. The summed E-state index contributed by atoms with van der Waals surface area (Å²) in [7, 11) is -9.29. The Morgan fingerprint density at radius 3 is 1.79 bits per heavy atom. The van der Waals surface area contributed by atoms with Crippen LogP contribution in [0.5, 0.6) is 0 Å². The molecule has 168 valence electrons. The molecule has 0 aliphatic heterocycles. The SMILES string of the molecule is Nc1ccc(C=Cc2ccc(NC(=O)c3ccccc3)cc2S(=O)(=O)O)c(S(=O)(=O)O)c1.[Na].[Na]. The smallest absolute Gasteiger partial charge is 0.295 e. The van der Waals surface area contributed by atoms with Crippen LogP contribution in [-0.2, 0) is 20.2 Å². The fourth-order valence-corrected chi connectivity index (χ4v) is 4.29. The van der Waals surface area contributed by atoms with Crippen molar-refractivity contribution in [3.8, 4) is 0 Å². The summed E-state index contributed by atoms with van der Waals surface area (Å²) in [6, 6.07) is 15.8. The molecule has 0 aliphatic carbocycles. The Balaban J connectivity index is 0.00000289. The van der Waals surface area contributed by atoms with Gasteiger partial charge in [0.05, 0.1) is 0 Å². The van der Waals surface area contributed by atoms with Crippen LogP contribution in [0.1, 0.15) is 21.5 Å². The van der Waals surface area contributed by atoms with Crippen molar-refractivity contribution in [2.45, 2.75) is 9.79 Å². The van der Waals surface area contributed by atoms with Gasteiger partial charge in [-0.15, -0.1) is 0 Å². The number of amides is 1. The predicted molar refractivity (Wildman–Crippen MR) is 132 cm³/mol. The zero-order valence-corrected chi connectivity index (χ0v) is 24.0. The summed E-state index contributed by atoms with van der Waals surface area (Å²) in [5.74, 6) is -0.477. The van der Waals surface area contributed by atoms with E-state index in [1.807, 2.05) is 0 Å². The van der Waals surface area contributed by atoms with Crippen LogP contribution < -0.4 is 11.1 Å². The van der Waals surface area contributed by atoms with Crippen LogP contribution in [0.4, 0.5) is 11.4 Å². The number of anilines is 2. The molecule has 3 aromatic rings. The van der Waals surface area contributed by atoms with Crippen molar-refractivity contribution in [1.82, 2.24) is 0 Å². The summed E-state index contributed by atoms with van der Waals surface area (Å²) in [5.41, 5.74) is 6.20. The Labute approximate surface area is 241 Å². The third-order valence-corrected chi connectivity index (χ3v) is 6.16. The van der Waals surface area contributed by atoms with E-state index in [1.54, 1.807) is 30.3 Å². The Hall–Kier alpha value is -1.51. The van der Waals surface area contributed by atoms with Gasteiger partial charge in [0, 0.05) is 76.1 Å². The fourth-order valence-electron chi connectivity index (χ4n) is 2.86. The molecule has 0 aromatic heterocycles. The summed E-state index contributed by atoms with van der Waals surface area (Å²) in [6.45, 7) is 0. The molecule has 0 atom stereocenters. The van der Waals surface area contributed by atoms with Crippen LogP contribution >= 0.6 is 0 Å². The molecule has 0 aliphatic rings. The number of nitrogens with one attached hydrogen (secondary N) is 1. The second kappa shape index (κ2) is 12.5. The quantitative estimate of drug-likeness (QED) is 0.167. The van der Waals surface area contributed by atoms with E-state index in [1.165, 1.54) is 36.4 Å². The zero-order chi connectivity index (χ0) is 23.5. The van der Waals surface area contributed by atoms with Gasteiger partial charge >= 0.3 is 0 Å². The van der Waals surface area contributed by atoms with E-state index in [0.717, 1.165) is 12.1 Å². The van der Waals surface area contributed by atoms with Gasteiger partial charge in [-0.2, -0.15) is 16.8 Å². The summed E-state index contributed by atoms with van der Waals surface area (Å²) in [6.07, 6.45) is 2.49. The maximum absolute atomic E-state index is 12.3. The van der Waals surface area contributed by atoms with Crippen molar-refractivity contribution in [2.75, 3.05) is 11.1 Å². The summed E-state index contributed by atoms with van der Waals surface area (Å²) >= 11 is 0. The first-order valence-corrected chi connectivity index (χ1v) is 11.9. The minimum Gasteiger partial charge on any atom is -0.399 e. The average Bonchev–Trinajstić information content (AvgIpc) is 2.72. The topological polar surface area (TPSA) is 164 Å². The molecule has 0 spiro atoms. The number of carbonyl (C=O) groups excluding carboxylic acids is 1. The van der Waals surface area contributed by atoms with Crippen LogP contribution in [0.15, 0.2) is 76.5 Å². The van der Waals surface area contributed by atoms with Crippen molar-refractivity contribution in [3.05, 3.63) is 83.4 Å². The first-order chi connectivity index (χ1) is 14.9. The molecular weight excluding hydrogens is 502 g/mol. The number of hydrogen-bond acceptors (Lipinski definition) is 6. The fraction of sp³-hybridized carbons (Fsp3) is 0. The molecule has 0 bridgehead atoms. The van der Waals surface area contributed by atoms with Crippen molar-refractivity contribution in [2.24, 2.45) is 0 Å². The minimum atomic E-state index is -4.70. The van der Waals surface area contributed by atoms with E-state index in [4.69, 9.17) is 5.73 Å². The predicted octanol–water partition coefficient (Wildman–Crippen LogP) is 2.42. The maximum Gasteiger partial charge on any atom is 0.295 e. The van der Waals surface area contributed by atoms with Gasteiger partial charge in [0.15, 0.2) is 0 Å². The van der Waals surface area contributed by atoms with Gasteiger partial charge in [-0.25, -0.2) is 0 Å². The van der Waals surface area contributed by atoms with Crippen LogP contribution in [0.3, 0.4) is 0 Å². The monoisotopic (exact) mass is 520 g/mol. The van der Waals surface area contributed by atoms with Gasteiger partial charge in [0.2, 0.25) is 0 Å². The Morgan fingerprint density at radius 2 is 1.26 bits per heavy atom. The number of nitrogens with two attached hydrogens (primary N) is 1. The molecule has 9 nitrogen and oxygen atoms in total. The first-order valence-electron chi connectivity index (χ1n) is 8.98. The molecule has 0 fully saturated rings. The second-order valence-corrected chi connectivity index (χ2v) is 9.43. The van der Waals surface area contributed by atoms with Gasteiger partial charge in [0.25, 0.3) is 26.1 Å². The summed E-state index contributed by atoms with van der Waals surface area (Å²) in [4.78, 5) is 11.3. The van der Waals surface area contributed by atoms with E-state index in [2.05, 4.69) is 5.32 Å². The van der Waals surface area contributed by atoms with Crippen LogP contribution in [0, 0.1) is 0 Å². The molecular formula is C21H18N2Na2O7S2. The molecule has 3 rings (SSSR count). The zero-order valence-electron chi connectivity index (χ0n) is 18.3. The number of rotatable bonds is 6. The molecule has 0 saturated heterocycles. The van der Waals surface area contributed by atoms with Gasteiger partial charge in [0.1, 0.15) is 9.79 Å². The summed E-state index contributed by atoms with van der Waals surface area (Å²) in [5, 5.41) is 2.54. The van der Waals surface area contributed by atoms with E-state index < -0.39 is 35.9 Å². The van der Waals surface area contributed by atoms with Gasteiger partial charge in [-0.05, 0) is 47.5 Å². The van der Waals surface area contributed by atoms with E-state index >= 15 is 0 Å². The molecule has 2 radical (unpaired) electrons. The Bertz CT molecular complexity index is 1430. The van der Waals surface area contributed by atoms with Gasteiger partial charge in [-0.3, -0.25) is 13.9 Å². The normalized spacial score (nSPS) is 11.4. The van der Waals surface area contributed by atoms with Crippen LogP contribution in [0.2, 0.25) is 0 Å². The maximum atomic E-state index is 12.3. The van der Waals surface area contributed by atoms with E-state index in [9.17, 15) is 30.7 Å². The van der Waals surface area contributed by atoms with Crippen molar-refractivity contribution < 1.29 is 30.7 Å². The molecule has 34 heavy (non-hydrogen) atoms. The largest absolute Gasteiger partial charge is 0.399 e. The average molecular weight is 520 g/mol. The van der Waals surface area contributed by atoms with Crippen molar-refractivity contribution in [1.29, 1.82) is 0 Å². The van der Waals surface area contributed by atoms with Crippen molar-refractivity contribution >= 4 is 109 Å². The Kier molecular flexibility index (Phi) is 11.2. The van der Waals surface area contributed by atoms with Crippen LogP contribution in [0.25, 0.3) is 12.2 Å². The number of nitrogen functional groups attached to an aromatic ring is 1. The number of hydrogen-bond donors (Lipinski definition) is 4. The minimum absolute atomic E-state index is 0. The number of carbonyl (C=O) groups is 1. The van der Waals surface area contributed by atoms with Gasteiger partial charge in [-0.1, -0.05) is 42.5 Å². The molecule has 0 unspecified atom stereocenters. The summed E-state index contributed by atoms with van der Waals surface area (Å²) < 4.78 is 66.0. The van der Waals surface area contributed by atoms with Crippen LogP contribution in [-0.4, -0.2) is 91.0 Å². The molecule has 1 amide bonds. The molecule has 13 heteroatoms. The standard InChI is InChI=1S/C21H18N2O7S2.2Na/c22-17-10-8-14(19(12-17)31(25,26)27)6-7-15-9-11-18(13-20(15)32(28,29)30)23-21(24)16-4-2-1-3-5-16;;/h1-13H,22H2,(H,23,24)(H,25,26,27)(H,28,29,30);;. The third-order valence-electron chi connectivity index (χ3n) is 4.34. The number of benzene rings is 3.